The highest BCUT2D eigenvalue weighted by molar-refractivity contribution is 6.36. The van der Waals surface area contributed by atoms with Crippen LogP contribution >= 0.6 is 11.6 Å². The summed E-state index contributed by atoms with van der Waals surface area (Å²) >= 11 is 5.70. The number of aldehydes is 1. The number of anilines is 1. The van der Waals surface area contributed by atoms with Crippen LogP contribution in [-0.2, 0) is 7.05 Å². The van der Waals surface area contributed by atoms with Crippen molar-refractivity contribution in [2.45, 2.75) is 0 Å². The molecule has 5 nitrogen and oxygen atoms in total. The third-order valence-electron chi connectivity index (χ3n) is 1.78. The number of nitrogens with two attached hydrogens (primary N) is 2. The summed E-state index contributed by atoms with van der Waals surface area (Å²) in [5.74, 6) is -0.647. The van der Waals surface area contributed by atoms with Gasteiger partial charge in [-0.2, -0.15) is 0 Å². The normalized spacial score (nSPS) is 10.0. The molecule has 0 unspecified atom stereocenters. The van der Waals surface area contributed by atoms with Gasteiger partial charge in [-0.05, 0) is 0 Å². The Morgan fingerprint density at radius 1 is 1.62 bits per heavy atom. The van der Waals surface area contributed by atoms with Gasteiger partial charge in [-0.25, -0.2) is 0 Å². The zero-order valence-electron chi connectivity index (χ0n) is 6.87. The van der Waals surface area contributed by atoms with Crippen molar-refractivity contribution in [3.05, 3.63) is 16.3 Å². The summed E-state index contributed by atoms with van der Waals surface area (Å²) in [5.41, 5.74) is 10.7. The third kappa shape index (κ3) is 1.27. The van der Waals surface area contributed by atoms with Crippen molar-refractivity contribution in [2.24, 2.45) is 12.8 Å². The molecule has 0 saturated heterocycles. The van der Waals surface area contributed by atoms with Gasteiger partial charge in [0.1, 0.15) is 17.1 Å². The molecule has 0 aliphatic rings. The van der Waals surface area contributed by atoms with Crippen LogP contribution < -0.4 is 11.5 Å². The van der Waals surface area contributed by atoms with E-state index >= 15 is 0 Å². The van der Waals surface area contributed by atoms with Crippen LogP contribution in [-0.4, -0.2) is 16.8 Å². The number of nitrogens with zero attached hydrogens (tertiary/aromatic N) is 1. The third-order valence-corrected chi connectivity index (χ3v) is 2.16. The minimum absolute atomic E-state index is 0.00231. The lowest BCUT2D eigenvalue weighted by atomic mass is 10.3. The number of carbonyl (C=O) groups is 2. The first-order valence-corrected chi connectivity index (χ1v) is 3.77. The van der Waals surface area contributed by atoms with E-state index < -0.39 is 5.91 Å². The number of hydrogen-bond acceptors (Lipinski definition) is 3. The van der Waals surface area contributed by atoms with Gasteiger partial charge in [-0.3, -0.25) is 9.59 Å². The smallest absolute Gasteiger partial charge is 0.253 e. The lowest BCUT2D eigenvalue weighted by Crippen LogP contribution is -2.13. The molecule has 1 amide bonds. The van der Waals surface area contributed by atoms with Crippen molar-refractivity contribution in [3.8, 4) is 0 Å². The molecular weight excluding hydrogens is 194 g/mol. The first-order chi connectivity index (χ1) is 6.00. The zero-order valence-corrected chi connectivity index (χ0v) is 7.63. The van der Waals surface area contributed by atoms with Gasteiger partial charge in [-0.1, -0.05) is 11.6 Å². The van der Waals surface area contributed by atoms with Crippen LogP contribution in [0.4, 0.5) is 5.82 Å². The van der Waals surface area contributed by atoms with Gasteiger partial charge in [0.05, 0.1) is 5.02 Å². The Bertz CT molecular complexity index is 384. The molecular formula is C7H8ClN3O2. The summed E-state index contributed by atoms with van der Waals surface area (Å²) in [6.45, 7) is 0. The second-order valence-electron chi connectivity index (χ2n) is 2.50. The van der Waals surface area contributed by atoms with Gasteiger partial charge < -0.3 is 16.0 Å². The average molecular weight is 202 g/mol. The fraction of sp³-hybridized carbons (Fsp3) is 0.143. The fourth-order valence-electron chi connectivity index (χ4n) is 1.05. The first-order valence-electron chi connectivity index (χ1n) is 3.39. The van der Waals surface area contributed by atoms with Crippen LogP contribution in [0.15, 0.2) is 0 Å². The number of carbonyl (C=O) groups excluding carboxylic acids is 2. The Balaban J connectivity index is 3.54. The Morgan fingerprint density at radius 2 is 2.15 bits per heavy atom. The fourth-order valence-corrected chi connectivity index (χ4v) is 1.41. The van der Waals surface area contributed by atoms with Crippen molar-refractivity contribution in [3.63, 3.8) is 0 Å². The van der Waals surface area contributed by atoms with Crippen LogP contribution in [0.3, 0.4) is 0 Å². The number of nitrogen functional groups attached to an aromatic ring is 1. The maximum atomic E-state index is 10.9. The van der Waals surface area contributed by atoms with Gasteiger partial charge in [0, 0.05) is 7.05 Å². The van der Waals surface area contributed by atoms with Crippen LogP contribution in [0, 0.1) is 0 Å². The topological polar surface area (TPSA) is 91.1 Å². The van der Waals surface area contributed by atoms with E-state index in [1.54, 1.807) is 0 Å². The van der Waals surface area contributed by atoms with Gasteiger partial charge in [0.25, 0.3) is 5.91 Å². The summed E-state index contributed by atoms with van der Waals surface area (Å²) in [6.07, 6.45) is 0.519. The van der Waals surface area contributed by atoms with Gasteiger partial charge >= 0.3 is 0 Å². The van der Waals surface area contributed by atoms with Crippen molar-refractivity contribution in [1.82, 2.24) is 4.57 Å². The molecule has 0 fully saturated rings. The maximum Gasteiger partial charge on any atom is 0.253 e. The van der Waals surface area contributed by atoms with Crippen LogP contribution in [0.1, 0.15) is 20.8 Å². The monoisotopic (exact) mass is 201 g/mol. The molecule has 0 aromatic carbocycles. The van der Waals surface area contributed by atoms with E-state index in [4.69, 9.17) is 23.1 Å². The molecule has 70 valence electrons. The molecule has 1 aromatic heterocycles. The van der Waals surface area contributed by atoms with Gasteiger partial charge in [-0.15, -0.1) is 0 Å². The van der Waals surface area contributed by atoms with E-state index in [9.17, 15) is 9.59 Å². The van der Waals surface area contributed by atoms with Crippen molar-refractivity contribution in [2.75, 3.05) is 5.73 Å². The summed E-state index contributed by atoms with van der Waals surface area (Å²) in [5, 5.41) is 0.00231. The van der Waals surface area contributed by atoms with E-state index in [0.717, 1.165) is 0 Å². The molecule has 13 heavy (non-hydrogen) atoms. The van der Waals surface area contributed by atoms with Crippen LogP contribution in [0.25, 0.3) is 0 Å². The highest BCUT2D eigenvalue weighted by Gasteiger charge is 2.20. The quantitative estimate of drug-likeness (QED) is 0.669. The van der Waals surface area contributed by atoms with E-state index in [0.29, 0.717) is 6.29 Å². The number of hydrogen-bond donors (Lipinski definition) is 2. The summed E-state index contributed by atoms with van der Waals surface area (Å²) in [6, 6.07) is 0. The molecule has 1 heterocycles. The minimum Gasteiger partial charge on any atom is -0.384 e. The Labute approximate surface area is 79.3 Å². The first kappa shape index (κ1) is 9.60. The molecule has 0 saturated carbocycles. The van der Waals surface area contributed by atoms with Crippen molar-refractivity contribution >= 4 is 29.6 Å². The average Bonchev–Trinajstić information content (AvgIpc) is 2.24. The lowest BCUT2D eigenvalue weighted by Gasteiger charge is -1.97. The van der Waals surface area contributed by atoms with E-state index in [-0.39, 0.29) is 22.1 Å². The van der Waals surface area contributed by atoms with E-state index in [1.807, 2.05) is 0 Å². The van der Waals surface area contributed by atoms with Crippen molar-refractivity contribution < 1.29 is 9.59 Å². The molecule has 0 spiro atoms. The number of amides is 1. The zero-order chi connectivity index (χ0) is 10.2. The Morgan fingerprint density at radius 3 is 2.38 bits per heavy atom. The second-order valence-corrected chi connectivity index (χ2v) is 2.88. The van der Waals surface area contributed by atoms with Crippen LogP contribution in [0.5, 0.6) is 0 Å². The molecule has 0 atom stereocenters. The summed E-state index contributed by atoms with van der Waals surface area (Å²) in [4.78, 5) is 21.4. The predicted octanol–water partition coefficient (Wildman–Crippen LogP) is 0.172. The predicted molar refractivity (Wildman–Crippen MR) is 48.7 cm³/mol. The Hall–Kier alpha value is -1.49. The molecule has 6 heteroatoms. The second kappa shape index (κ2) is 3.10. The number of primary amides is 1. The Kier molecular flexibility index (Phi) is 2.29. The van der Waals surface area contributed by atoms with Crippen molar-refractivity contribution in [1.29, 1.82) is 0 Å². The number of halogens is 1. The van der Waals surface area contributed by atoms with E-state index in [2.05, 4.69) is 0 Å². The van der Waals surface area contributed by atoms with Gasteiger partial charge in [0.15, 0.2) is 6.29 Å². The largest absolute Gasteiger partial charge is 0.384 e. The molecule has 1 aromatic rings. The molecule has 0 radical (unpaired) electrons. The number of aromatic nitrogens is 1. The van der Waals surface area contributed by atoms with E-state index in [1.165, 1.54) is 11.6 Å². The molecule has 0 bridgehead atoms. The minimum atomic E-state index is -0.744. The van der Waals surface area contributed by atoms with Gasteiger partial charge in [0.2, 0.25) is 0 Å². The highest BCUT2D eigenvalue weighted by atomic mass is 35.5. The van der Waals surface area contributed by atoms with Crippen LogP contribution in [0.2, 0.25) is 5.02 Å². The SMILES string of the molecule is Cn1c(N)c(C(N)=O)c(Cl)c1C=O. The lowest BCUT2D eigenvalue weighted by molar-refractivity contribution is 0.100. The standard InChI is InChI=1S/C7H8ClN3O2/c1-11-3(2-12)5(8)4(6(11)9)7(10)13/h2H,9H2,1H3,(H2,10,13). The summed E-state index contributed by atoms with van der Waals surface area (Å²) < 4.78 is 1.31. The highest BCUT2D eigenvalue weighted by Crippen LogP contribution is 2.27. The molecule has 1 rings (SSSR count). The number of rotatable bonds is 2. The molecule has 0 aliphatic heterocycles. The maximum absolute atomic E-state index is 10.9. The summed E-state index contributed by atoms with van der Waals surface area (Å²) in [7, 11) is 1.53. The molecule has 4 N–H and O–H groups in total. The molecule has 0 aliphatic carbocycles.